The summed E-state index contributed by atoms with van der Waals surface area (Å²) in [6.07, 6.45) is 1.44. The number of nitrogens with zero attached hydrogens (tertiary/aromatic N) is 1. The third-order valence-corrected chi connectivity index (χ3v) is 4.24. The van der Waals surface area contributed by atoms with Gasteiger partial charge in [0.25, 0.3) is 0 Å². The monoisotopic (exact) mass is 332 g/mol. The van der Waals surface area contributed by atoms with E-state index in [1.165, 1.54) is 6.07 Å². The minimum Gasteiger partial charge on any atom is -0.352 e. The summed E-state index contributed by atoms with van der Waals surface area (Å²) in [5.41, 5.74) is 0.385. The standard InChI is InChI=1S/C14H21ClN2O3S/c1-5-13(14(18)16-10(2)3)17(21(4,19)20)12-8-6-7-11(15)9-12/h6-10,13H,5H2,1-4H3,(H,16,18)/t13-/m0/s1. The van der Waals surface area contributed by atoms with E-state index in [1.807, 2.05) is 13.8 Å². The molecule has 0 saturated heterocycles. The molecule has 5 nitrogen and oxygen atoms in total. The molecule has 21 heavy (non-hydrogen) atoms. The number of sulfonamides is 1. The fourth-order valence-electron chi connectivity index (χ4n) is 2.05. The highest BCUT2D eigenvalue weighted by Crippen LogP contribution is 2.25. The molecule has 0 unspecified atom stereocenters. The van der Waals surface area contributed by atoms with Gasteiger partial charge in [-0.25, -0.2) is 8.42 Å². The second-order valence-electron chi connectivity index (χ2n) is 5.13. The number of benzene rings is 1. The Morgan fingerprint density at radius 1 is 1.38 bits per heavy atom. The maximum absolute atomic E-state index is 12.3. The largest absolute Gasteiger partial charge is 0.352 e. The molecule has 1 aromatic rings. The topological polar surface area (TPSA) is 66.5 Å². The lowest BCUT2D eigenvalue weighted by Crippen LogP contribution is -2.50. The van der Waals surface area contributed by atoms with Gasteiger partial charge in [0, 0.05) is 11.1 Å². The summed E-state index contributed by atoms with van der Waals surface area (Å²) >= 11 is 5.93. The molecule has 0 bridgehead atoms. The summed E-state index contributed by atoms with van der Waals surface area (Å²) in [5, 5.41) is 3.17. The van der Waals surface area contributed by atoms with Gasteiger partial charge in [-0.2, -0.15) is 0 Å². The predicted molar refractivity (Wildman–Crippen MR) is 86.1 cm³/mol. The van der Waals surface area contributed by atoms with Gasteiger partial charge in [-0.1, -0.05) is 24.6 Å². The molecule has 0 aliphatic heterocycles. The highest BCUT2D eigenvalue weighted by Gasteiger charge is 2.31. The Bertz CT molecular complexity index is 602. The van der Waals surface area contributed by atoms with Crippen molar-refractivity contribution in [2.45, 2.75) is 39.3 Å². The number of rotatable bonds is 6. The molecule has 0 saturated carbocycles. The Morgan fingerprint density at radius 2 is 2.00 bits per heavy atom. The van der Waals surface area contributed by atoms with Gasteiger partial charge in [0.05, 0.1) is 11.9 Å². The van der Waals surface area contributed by atoms with E-state index < -0.39 is 16.1 Å². The van der Waals surface area contributed by atoms with Crippen LogP contribution in [0.1, 0.15) is 27.2 Å². The molecule has 0 heterocycles. The van der Waals surface area contributed by atoms with Gasteiger partial charge in [0.1, 0.15) is 6.04 Å². The average molecular weight is 333 g/mol. The molecular weight excluding hydrogens is 312 g/mol. The van der Waals surface area contributed by atoms with E-state index in [-0.39, 0.29) is 11.9 Å². The molecule has 0 fully saturated rings. The Labute approximate surface area is 131 Å². The molecule has 1 N–H and O–H groups in total. The van der Waals surface area contributed by atoms with Crippen molar-refractivity contribution in [3.8, 4) is 0 Å². The van der Waals surface area contributed by atoms with Gasteiger partial charge in [0.15, 0.2) is 0 Å². The van der Waals surface area contributed by atoms with Crippen molar-refractivity contribution in [2.75, 3.05) is 10.6 Å². The van der Waals surface area contributed by atoms with Crippen LogP contribution in [0.4, 0.5) is 5.69 Å². The summed E-state index contributed by atoms with van der Waals surface area (Å²) in [6, 6.07) is 5.60. The quantitative estimate of drug-likeness (QED) is 0.870. The van der Waals surface area contributed by atoms with E-state index in [0.29, 0.717) is 17.1 Å². The molecule has 0 aliphatic rings. The minimum absolute atomic E-state index is 0.0627. The summed E-state index contributed by atoms with van der Waals surface area (Å²) in [5.74, 6) is -0.321. The van der Waals surface area contributed by atoms with Crippen LogP contribution in [0.25, 0.3) is 0 Å². The van der Waals surface area contributed by atoms with Crippen molar-refractivity contribution in [3.05, 3.63) is 29.3 Å². The molecule has 0 spiro atoms. The van der Waals surface area contributed by atoms with Crippen LogP contribution in [0.2, 0.25) is 5.02 Å². The third kappa shape index (κ3) is 4.89. The second-order valence-corrected chi connectivity index (χ2v) is 7.42. The smallest absolute Gasteiger partial charge is 0.244 e. The second kappa shape index (κ2) is 7.13. The highest BCUT2D eigenvalue weighted by molar-refractivity contribution is 7.92. The molecule has 0 aromatic heterocycles. The first-order valence-electron chi connectivity index (χ1n) is 6.72. The average Bonchev–Trinajstić information content (AvgIpc) is 2.32. The third-order valence-electron chi connectivity index (χ3n) is 2.82. The number of carbonyl (C=O) groups excluding carboxylic acids is 1. The molecule has 1 amide bonds. The van der Waals surface area contributed by atoms with Crippen LogP contribution in [0.15, 0.2) is 24.3 Å². The van der Waals surface area contributed by atoms with E-state index >= 15 is 0 Å². The number of nitrogens with one attached hydrogen (secondary N) is 1. The van der Waals surface area contributed by atoms with E-state index in [4.69, 9.17) is 11.6 Å². The van der Waals surface area contributed by atoms with Gasteiger partial charge in [-0.15, -0.1) is 0 Å². The summed E-state index contributed by atoms with van der Waals surface area (Å²) in [4.78, 5) is 12.3. The van der Waals surface area contributed by atoms with Gasteiger partial charge < -0.3 is 5.32 Å². The molecule has 1 rings (SSSR count). The first kappa shape index (κ1) is 17.8. The number of hydrogen-bond donors (Lipinski definition) is 1. The Balaban J connectivity index is 3.27. The fraction of sp³-hybridized carbons (Fsp3) is 0.500. The Kier molecular flexibility index (Phi) is 6.04. The van der Waals surface area contributed by atoms with Crippen LogP contribution in [-0.4, -0.2) is 32.7 Å². The van der Waals surface area contributed by atoms with Crippen molar-refractivity contribution in [2.24, 2.45) is 0 Å². The fourth-order valence-corrected chi connectivity index (χ4v) is 3.44. The van der Waals surface area contributed by atoms with Crippen molar-refractivity contribution in [3.63, 3.8) is 0 Å². The predicted octanol–water partition coefficient (Wildman–Crippen LogP) is 2.41. The van der Waals surface area contributed by atoms with Crippen LogP contribution in [-0.2, 0) is 14.8 Å². The molecule has 0 aliphatic carbocycles. The first-order valence-corrected chi connectivity index (χ1v) is 8.94. The molecular formula is C14H21ClN2O3S. The van der Waals surface area contributed by atoms with Crippen molar-refractivity contribution >= 4 is 33.2 Å². The van der Waals surface area contributed by atoms with E-state index in [9.17, 15) is 13.2 Å². The number of amides is 1. The van der Waals surface area contributed by atoms with Crippen LogP contribution in [0.3, 0.4) is 0 Å². The molecule has 118 valence electrons. The van der Waals surface area contributed by atoms with Crippen molar-refractivity contribution in [1.29, 1.82) is 0 Å². The Morgan fingerprint density at radius 3 is 2.43 bits per heavy atom. The van der Waals surface area contributed by atoms with E-state index in [0.717, 1.165) is 10.6 Å². The van der Waals surface area contributed by atoms with Crippen LogP contribution in [0.5, 0.6) is 0 Å². The van der Waals surface area contributed by atoms with Crippen LogP contribution in [0, 0.1) is 0 Å². The summed E-state index contributed by atoms with van der Waals surface area (Å²) < 4.78 is 25.4. The Hall–Kier alpha value is -1.27. The van der Waals surface area contributed by atoms with Crippen LogP contribution < -0.4 is 9.62 Å². The number of halogens is 1. The number of hydrogen-bond acceptors (Lipinski definition) is 3. The molecule has 1 aromatic carbocycles. The zero-order valence-corrected chi connectivity index (χ0v) is 14.2. The van der Waals surface area contributed by atoms with Gasteiger partial charge in [-0.3, -0.25) is 9.10 Å². The molecule has 1 atom stereocenters. The first-order chi connectivity index (χ1) is 9.66. The highest BCUT2D eigenvalue weighted by atomic mass is 35.5. The summed E-state index contributed by atoms with van der Waals surface area (Å²) in [6.45, 7) is 5.43. The van der Waals surface area contributed by atoms with Crippen molar-refractivity contribution < 1.29 is 13.2 Å². The zero-order valence-electron chi connectivity index (χ0n) is 12.6. The van der Waals surface area contributed by atoms with Crippen molar-refractivity contribution in [1.82, 2.24) is 5.32 Å². The number of carbonyl (C=O) groups is 1. The van der Waals surface area contributed by atoms with E-state index in [2.05, 4.69) is 5.32 Å². The van der Waals surface area contributed by atoms with Gasteiger partial charge >= 0.3 is 0 Å². The minimum atomic E-state index is -3.61. The van der Waals surface area contributed by atoms with E-state index in [1.54, 1.807) is 25.1 Å². The maximum atomic E-state index is 12.3. The van der Waals surface area contributed by atoms with Gasteiger partial charge in [-0.05, 0) is 38.5 Å². The normalized spacial score (nSPS) is 13.0. The molecule has 0 radical (unpaired) electrons. The maximum Gasteiger partial charge on any atom is 0.244 e. The lowest BCUT2D eigenvalue weighted by Gasteiger charge is -2.30. The molecule has 7 heteroatoms. The lowest BCUT2D eigenvalue weighted by molar-refractivity contribution is -0.122. The zero-order chi connectivity index (χ0) is 16.2. The van der Waals surface area contributed by atoms with Crippen LogP contribution >= 0.6 is 11.6 Å². The lowest BCUT2D eigenvalue weighted by atomic mass is 10.2. The SMILES string of the molecule is CC[C@@H](C(=O)NC(C)C)N(c1cccc(Cl)c1)S(C)(=O)=O. The van der Waals surface area contributed by atoms with Gasteiger partial charge in [0.2, 0.25) is 15.9 Å². The summed E-state index contributed by atoms with van der Waals surface area (Å²) in [7, 11) is -3.61. The number of anilines is 1.